The first kappa shape index (κ1) is 17.8. The third-order valence-electron chi connectivity index (χ3n) is 2.89. The van der Waals surface area contributed by atoms with E-state index in [9.17, 15) is 9.18 Å². The van der Waals surface area contributed by atoms with Gasteiger partial charge in [0.2, 0.25) is 16.9 Å². The Hall–Kier alpha value is -1.50. The van der Waals surface area contributed by atoms with E-state index < -0.39 is 5.95 Å². The minimum Gasteiger partial charge on any atom is -0.467 e. The summed E-state index contributed by atoms with van der Waals surface area (Å²) >= 11 is 12.5. The lowest BCUT2D eigenvalue weighted by atomic mass is 10.2. The maximum absolute atomic E-state index is 13.4. The molecule has 0 aliphatic heterocycles. The molecule has 4 nitrogen and oxygen atoms in total. The quantitative estimate of drug-likeness (QED) is 0.792. The zero-order chi connectivity index (χ0) is 17.0. The predicted octanol–water partition coefficient (Wildman–Crippen LogP) is 4.26. The second-order valence-electron chi connectivity index (χ2n) is 4.68. The lowest BCUT2D eigenvalue weighted by Gasteiger charge is -2.09. The number of nitrogen functional groups attached to an aromatic ring is 1. The molecule has 1 aromatic heterocycles. The van der Waals surface area contributed by atoms with Gasteiger partial charge in [0.15, 0.2) is 6.61 Å². The monoisotopic (exact) mass is 374 g/mol. The topological polar surface area (TPSA) is 65.2 Å². The Balaban J connectivity index is 1.91. The predicted molar refractivity (Wildman–Crippen MR) is 91.6 cm³/mol. The summed E-state index contributed by atoms with van der Waals surface area (Å²) in [5.41, 5.74) is 7.52. The van der Waals surface area contributed by atoms with Crippen LogP contribution in [0.4, 0.5) is 10.1 Å². The number of carbonyl (C=O) groups is 1. The van der Waals surface area contributed by atoms with E-state index in [1.807, 2.05) is 31.2 Å². The molecule has 8 heteroatoms. The fourth-order valence-corrected chi connectivity index (χ4v) is 2.66. The highest BCUT2D eigenvalue weighted by molar-refractivity contribution is 8.13. The molecule has 122 valence electrons. The SMILES string of the molecule is Cc1ccc(CSC(=O)COc2nc(F)c(Cl)c(N)c2Cl)cc1. The van der Waals surface area contributed by atoms with Gasteiger partial charge in [-0.2, -0.15) is 9.37 Å². The number of benzene rings is 1. The number of nitrogens with zero attached hydrogens (tertiary/aromatic N) is 1. The van der Waals surface area contributed by atoms with Gasteiger partial charge in [0, 0.05) is 5.75 Å². The summed E-state index contributed by atoms with van der Waals surface area (Å²) in [7, 11) is 0. The highest BCUT2D eigenvalue weighted by Gasteiger charge is 2.17. The van der Waals surface area contributed by atoms with E-state index in [2.05, 4.69) is 4.98 Å². The van der Waals surface area contributed by atoms with Crippen LogP contribution in [-0.2, 0) is 10.5 Å². The number of hydrogen-bond donors (Lipinski definition) is 1. The molecule has 0 bridgehead atoms. The van der Waals surface area contributed by atoms with Gasteiger partial charge in [-0.3, -0.25) is 4.79 Å². The molecule has 0 aliphatic carbocycles. The minimum absolute atomic E-state index is 0.118. The van der Waals surface area contributed by atoms with Crippen molar-refractivity contribution < 1.29 is 13.9 Å². The summed E-state index contributed by atoms with van der Waals surface area (Å²) in [6, 6.07) is 7.84. The van der Waals surface area contributed by atoms with Crippen LogP contribution >= 0.6 is 35.0 Å². The van der Waals surface area contributed by atoms with Crippen molar-refractivity contribution in [1.29, 1.82) is 0 Å². The number of carbonyl (C=O) groups excluding carboxylic acids is 1. The van der Waals surface area contributed by atoms with Crippen molar-refractivity contribution in [3.05, 3.63) is 51.4 Å². The second-order valence-corrected chi connectivity index (χ2v) is 6.47. The van der Waals surface area contributed by atoms with E-state index in [-0.39, 0.29) is 33.3 Å². The zero-order valence-electron chi connectivity index (χ0n) is 12.1. The largest absolute Gasteiger partial charge is 0.467 e. The van der Waals surface area contributed by atoms with Crippen LogP contribution < -0.4 is 10.5 Å². The summed E-state index contributed by atoms with van der Waals surface area (Å²) < 4.78 is 18.5. The maximum atomic E-state index is 13.4. The van der Waals surface area contributed by atoms with Crippen molar-refractivity contribution in [1.82, 2.24) is 4.98 Å². The lowest BCUT2D eigenvalue weighted by molar-refractivity contribution is -0.112. The van der Waals surface area contributed by atoms with Gasteiger partial charge in [0.25, 0.3) is 0 Å². The first-order chi connectivity index (χ1) is 10.9. The van der Waals surface area contributed by atoms with E-state index in [0.717, 1.165) is 22.9 Å². The standard InChI is InChI=1S/C15H13Cl2FN2O2S/c1-8-2-4-9(5-3-8)7-23-10(21)6-22-15-12(17)13(19)11(16)14(18)20-15/h2-5H,6-7H2,1H3,(H2,19,20). The van der Waals surface area contributed by atoms with Gasteiger partial charge in [-0.05, 0) is 12.5 Å². The first-order valence-corrected chi connectivity index (χ1v) is 8.26. The van der Waals surface area contributed by atoms with E-state index in [4.69, 9.17) is 33.7 Å². The Bertz CT molecular complexity index is 726. The van der Waals surface area contributed by atoms with E-state index in [1.165, 1.54) is 0 Å². The number of pyridine rings is 1. The summed E-state index contributed by atoms with van der Waals surface area (Å²) in [6.07, 6.45) is 0. The lowest BCUT2D eigenvalue weighted by Crippen LogP contribution is -2.10. The Labute approximate surface area is 147 Å². The molecule has 2 rings (SSSR count). The number of rotatable bonds is 5. The highest BCUT2D eigenvalue weighted by Crippen LogP contribution is 2.35. The molecule has 0 unspecified atom stereocenters. The van der Waals surface area contributed by atoms with Gasteiger partial charge in [-0.15, -0.1) is 0 Å². The third kappa shape index (κ3) is 4.73. The molecular weight excluding hydrogens is 362 g/mol. The van der Waals surface area contributed by atoms with Crippen LogP contribution in [0.5, 0.6) is 5.88 Å². The molecule has 0 radical (unpaired) electrons. The zero-order valence-corrected chi connectivity index (χ0v) is 14.4. The number of ether oxygens (including phenoxy) is 1. The number of aromatic nitrogens is 1. The number of anilines is 1. The van der Waals surface area contributed by atoms with Crippen molar-refractivity contribution >= 4 is 45.8 Å². The Morgan fingerprint density at radius 3 is 2.61 bits per heavy atom. The Kier molecular flexibility index (Phi) is 6.10. The van der Waals surface area contributed by atoms with E-state index >= 15 is 0 Å². The Morgan fingerprint density at radius 2 is 1.96 bits per heavy atom. The van der Waals surface area contributed by atoms with Gasteiger partial charge in [0.1, 0.15) is 10.0 Å². The summed E-state index contributed by atoms with van der Waals surface area (Å²) in [5.74, 6) is -0.737. The third-order valence-corrected chi connectivity index (χ3v) is 4.53. The van der Waals surface area contributed by atoms with Crippen molar-refractivity contribution in [2.45, 2.75) is 12.7 Å². The van der Waals surface area contributed by atoms with Crippen molar-refractivity contribution in [2.75, 3.05) is 12.3 Å². The number of nitrogens with two attached hydrogens (primary N) is 1. The van der Waals surface area contributed by atoms with Crippen molar-refractivity contribution in [3.63, 3.8) is 0 Å². The van der Waals surface area contributed by atoms with Gasteiger partial charge < -0.3 is 10.5 Å². The van der Waals surface area contributed by atoms with Crippen LogP contribution in [0.2, 0.25) is 10.0 Å². The van der Waals surface area contributed by atoms with E-state index in [0.29, 0.717) is 5.75 Å². The minimum atomic E-state index is -0.997. The van der Waals surface area contributed by atoms with Crippen molar-refractivity contribution in [2.24, 2.45) is 0 Å². The molecular formula is C15H13Cl2FN2O2S. The molecule has 2 N–H and O–H groups in total. The first-order valence-electron chi connectivity index (χ1n) is 6.52. The molecule has 0 fully saturated rings. The van der Waals surface area contributed by atoms with Crippen LogP contribution in [0.1, 0.15) is 11.1 Å². The number of hydrogen-bond acceptors (Lipinski definition) is 5. The summed E-state index contributed by atoms with van der Waals surface area (Å²) in [5, 5.41) is -0.729. The molecule has 0 aliphatic rings. The maximum Gasteiger partial charge on any atom is 0.238 e. The molecule has 0 saturated carbocycles. The number of aryl methyl sites for hydroxylation is 1. The second kappa shape index (κ2) is 7.86. The average Bonchev–Trinajstić information content (AvgIpc) is 2.54. The highest BCUT2D eigenvalue weighted by atomic mass is 35.5. The van der Waals surface area contributed by atoms with Crippen LogP contribution in [0.25, 0.3) is 0 Å². The van der Waals surface area contributed by atoms with E-state index in [1.54, 1.807) is 0 Å². The molecule has 0 amide bonds. The van der Waals surface area contributed by atoms with Gasteiger partial charge in [-0.25, -0.2) is 0 Å². The normalized spacial score (nSPS) is 10.6. The van der Waals surface area contributed by atoms with Crippen LogP contribution in [0, 0.1) is 12.9 Å². The molecule has 2 aromatic rings. The number of halogens is 3. The summed E-state index contributed by atoms with van der Waals surface area (Å²) in [6.45, 7) is 1.69. The molecule has 0 spiro atoms. The van der Waals surface area contributed by atoms with Gasteiger partial charge in [0.05, 0.1) is 5.69 Å². The average molecular weight is 375 g/mol. The number of thioether (sulfide) groups is 1. The molecule has 23 heavy (non-hydrogen) atoms. The Morgan fingerprint density at radius 1 is 1.30 bits per heavy atom. The van der Waals surface area contributed by atoms with Gasteiger partial charge >= 0.3 is 0 Å². The molecule has 1 aromatic carbocycles. The smallest absolute Gasteiger partial charge is 0.238 e. The fraction of sp³-hybridized carbons (Fsp3) is 0.200. The van der Waals surface area contributed by atoms with Crippen LogP contribution in [0.3, 0.4) is 0 Å². The molecule has 1 heterocycles. The van der Waals surface area contributed by atoms with Crippen LogP contribution in [0.15, 0.2) is 24.3 Å². The molecule has 0 atom stereocenters. The van der Waals surface area contributed by atoms with Crippen molar-refractivity contribution in [3.8, 4) is 5.88 Å². The van der Waals surface area contributed by atoms with Crippen LogP contribution in [-0.4, -0.2) is 16.7 Å². The molecule has 0 saturated heterocycles. The van der Waals surface area contributed by atoms with Gasteiger partial charge in [-0.1, -0.05) is 64.8 Å². The summed E-state index contributed by atoms with van der Waals surface area (Å²) in [4.78, 5) is 15.3. The fourth-order valence-electron chi connectivity index (χ4n) is 1.62.